The van der Waals surface area contributed by atoms with Crippen LogP contribution in [0.2, 0.25) is 0 Å². The fourth-order valence-electron chi connectivity index (χ4n) is 0.732. The molecule has 1 rings (SSSR count). The van der Waals surface area contributed by atoms with Gasteiger partial charge in [0.05, 0.1) is 0 Å². The third-order valence-electron chi connectivity index (χ3n) is 1.15. The first-order valence-corrected chi connectivity index (χ1v) is 3.29. The third-order valence-corrected chi connectivity index (χ3v) is 1.15. The van der Waals surface area contributed by atoms with Gasteiger partial charge in [0.2, 0.25) is 6.36 Å². The molecule has 2 nitrogen and oxygen atoms in total. The first kappa shape index (κ1) is 7.85. The Kier molecular flexibility index (Phi) is 2.31. The number of aromatic hydroxyl groups is 1. The van der Waals surface area contributed by atoms with E-state index in [1.54, 1.807) is 12.1 Å². The predicted octanol–water partition coefficient (Wildman–Crippen LogP) is 2.09. The van der Waals surface area contributed by atoms with Crippen LogP contribution in [-0.2, 0) is 0 Å². The van der Waals surface area contributed by atoms with Gasteiger partial charge >= 0.3 is 0 Å². The molecule has 0 saturated carbocycles. The van der Waals surface area contributed by atoms with Crippen LogP contribution in [0, 0.1) is 0 Å². The van der Waals surface area contributed by atoms with Crippen molar-refractivity contribution in [3.8, 4) is 11.5 Å². The molecule has 1 aromatic rings. The van der Waals surface area contributed by atoms with Gasteiger partial charge in [-0.2, -0.15) is 0 Å². The lowest BCUT2D eigenvalue weighted by Gasteiger charge is -2.07. The molecule has 0 radical (unpaired) electrons. The molecule has 0 bridgehead atoms. The Hall–Kier alpha value is -1.25. The summed E-state index contributed by atoms with van der Waals surface area (Å²) in [6.07, 6.45) is -1.40. The normalized spacial score (nSPS) is 12.5. The second-order valence-electron chi connectivity index (χ2n) is 2.13. The fourth-order valence-corrected chi connectivity index (χ4v) is 0.732. The van der Waals surface area contributed by atoms with Crippen molar-refractivity contribution in [2.24, 2.45) is 0 Å². The molecule has 0 aliphatic carbocycles. The highest BCUT2D eigenvalue weighted by Gasteiger charge is 2.03. The van der Waals surface area contributed by atoms with Gasteiger partial charge in [0, 0.05) is 6.92 Å². The summed E-state index contributed by atoms with van der Waals surface area (Å²) in [5.74, 6) is 0.125. The zero-order valence-corrected chi connectivity index (χ0v) is 6.12. The van der Waals surface area contributed by atoms with Crippen LogP contribution in [0.15, 0.2) is 24.3 Å². The van der Waals surface area contributed by atoms with Crippen molar-refractivity contribution >= 4 is 0 Å². The van der Waals surface area contributed by atoms with Crippen molar-refractivity contribution in [3.63, 3.8) is 0 Å². The van der Waals surface area contributed by atoms with Crippen LogP contribution in [0.3, 0.4) is 0 Å². The lowest BCUT2D eigenvalue weighted by molar-refractivity contribution is 0.0827. The highest BCUT2D eigenvalue weighted by atomic mass is 19.1. The monoisotopic (exact) mass is 156 g/mol. The summed E-state index contributed by atoms with van der Waals surface area (Å²) in [5, 5.41) is 9.07. The van der Waals surface area contributed by atoms with Gasteiger partial charge in [-0.25, -0.2) is 4.39 Å². The first-order valence-electron chi connectivity index (χ1n) is 3.29. The van der Waals surface area contributed by atoms with E-state index < -0.39 is 6.36 Å². The molecule has 11 heavy (non-hydrogen) atoms. The number of phenolic OH excluding ortho intramolecular Hbond substituents is 1. The average molecular weight is 156 g/mol. The molecule has 0 fully saturated rings. The number of benzene rings is 1. The maximum Gasteiger partial charge on any atom is 0.236 e. The molecular weight excluding hydrogens is 147 g/mol. The lowest BCUT2D eigenvalue weighted by atomic mass is 10.3. The van der Waals surface area contributed by atoms with Gasteiger partial charge < -0.3 is 9.84 Å². The molecule has 0 saturated heterocycles. The summed E-state index contributed by atoms with van der Waals surface area (Å²) < 4.78 is 16.9. The van der Waals surface area contributed by atoms with Crippen molar-refractivity contribution in [2.75, 3.05) is 0 Å². The number of hydrogen-bond acceptors (Lipinski definition) is 2. The molecule has 3 heteroatoms. The van der Waals surface area contributed by atoms with Crippen LogP contribution >= 0.6 is 0 Å². The van der Waals surface area contributed by atoms with Gasteiger partial charge in [-0.05, 0) is 12.1 Å². The molecule has 1 N–H and O–H groups in total. The van der Waals surface area contributed by atoms with Crippen LogP contribution in [0.5, 0.6) is 11.5 Å². The number of rotatable bonds is 2. The van der Waals surface area contributed by atoms with E-state index in [1.807, 2.05) is 0 Å². The number of ether oxygens (including phenoxy) is 1. The Morgan fingerprint density at radius 3 is 2.64 bits per heavy atom. The molecule has 60 valence electrons. The molecule has 1 aromatic carbocycles. The Morgan fingerprint density at radius 1 is 1.45 bits per heavy atom. The number of para-hydroxylation sites is 2. The fraction of sp³-hybridized carbons (Fsp3) is 0.250. The van der Waals surface area contributed by atoms with E-state index in [1.165, 1.54) is 19.1 Å². The molecule has 0 heterocycles. The largest absolute Gasteiger partial charge is 0.504 e. The predicted molar refractivity (Wildman–Crippen MR) is 39.3 cm³/mol. The van der Waals surface area contributed by atoms with E-state index in [-0.39, 0.29) is 11.5 Å². The standard InChI is InChI=1S/C8H9FO2/c1-6(9)11-8-5-3-2-4-7(8)10/h2-6,10H,1H3. The van der Waals surface area contributed by atoms with Gasteiger partial charge in [0.25, 0.3) is 0 Å². The Bertz CT molecular complexity index is 235. The highest BCUT2D eigenvalue weighted by Crippen LogP contribution is 2.25. The Morgan fingerprint density at radius 2 is 2.09 bits per heavy atom. The Labute approximate surface area is 64.2 Å². The summed E-state index contributed by atoms with van der Waals surface area (Å²) >= 11 is 0. The second-order valence-corrected chi connectivity index (χ2v) is 2.13. The van der Waals surface area contributed by atoms with Crippen molar-refractivity contribution in [1.29, 1.82) is 0 Å². The quantitative estimate of drug-likeness (QED) is 0.710. The van der Waals surface area contributed by atoms with Gasteiger partial charge in [-0.15, -0.1) is 0 Å². The molecule has 1 unspecified atom stereocenters. The average Bonchev–Trinajstić information content (AvgIpc) is 1.93. The molecule has 0 aliphatic heterocycles. The summed E-state index contributed by atoms with van der Waals surface area (Å²) in [7, 11) is 0. The van der Waals surface area contributed by atoms with Crippen LogP contribution in [-0.4, -0.2) is 11.5 Å². The minimum absolute atomic E-state index is 0.0444. The van der Waals surface area contributed by atoms with E-state index in [4.69, 9.17) is 5.11 Å². The molecule has 0 spiro atoms. The minimum atomic E-state index is -1.40. The summed E-state index contributed by atoms with van der Waals surface area (Å²) in [4.78, 5) is 0. The topological polar surface area (TPSA) is 29.5 Å². The van der Waals surface area contributed by atoms with Crippen LogP contribution in [0.4, 0.5) is 4.39 Å². The van der Waals surface area contributed by atoms with E-state index in [9.17, 15) is 4.39 Å². The van der Waals surface area contributed by atoms with Crippen LogP contribution in [0.25, 0.3) is 0 Å². The number of alkyl halides is 1. The smallest absolute Gasteiger partial charge is 0.236 e. The number of hydrogen-bond donors (Lipinski definition) is 1. The summed E-state index contributed by atoms with van der Waals surface area (Å²) in [6.45, 7) is 1.26. The van der Waals surface area contributed by atoms with Crippen LogP contribution < -0.4 is 4.74 Å². The number of phenols is 1. The Balaban J connectivity index is 2.78. The maximum absolute atomic E-state index is 12.2. The van der Waals surface area contributed by atoms with Crippen molar-refractivity contribution < 1.29 is 14.2 Å². The molecule has 0 aromatic heterocycles. The van der Waals surface area contributed by atoms with Crippen molar-refractivity contribution in [3.05, 3.63) is 24.3 Å². The van der Waals surface area contributed by atoms with Crippen molar-refractivity contribution in [2.45, 2.75) is 13.3 Å². The van der Waals surface area contributed by atoms with Gasteiger partial charge in [0.1, 0.15) is 0 Å². The minimum Gasteiger partial charge on any atom is -0.504 e. The van der Waals surface area contributed by atoms with Crippen LogP contribution in [0.1, 0.15) is 6.92 Å². The zero-order chi connectivity index (χ0) is 8.27. The molecular formula is C8H9FO2. The maximum atomic E-state index is 12.2. The highest BCUT2D eigenvalue weighted by molar-refractivity contribution is 5.37. The summed E-state index contributed by atoms with van der Waals surface area (Å²) in [5.41, 5.74) is 0. The lowest BCUT2D eigenvalue weighted by Crippen LogP contribution is -2.03. The second kappa shape index (κ2) is 3.23. The molecule has 1 atom stereocenters. The molecule has 0 aliphatic rings. The zero-order valence-electron chi connectivity index (χ0n) is 6.12. The van der Waals surface area contributed by atoms with E-state index in [2.05, 4.69) is 4.74 Å². The third kappa shape index (κ3) is 2.11. The SMILES string of the molecule is CC(F)Oc1ccccc1O. The van der Waals surface area contributed by atoms with Gasteiger partial charge in [0.15, 0.2) is 11.5 Å². The molecule has 0 amide bonds. The van der Waals surface area contributed by atoms with Gasteiger partial charge in [-0.3, -0.25) is 0 Å². The van der Waals surface area contributed by atoms with Crippen molar-refractivity contribution in [1.82, 2.24) is 0 Å². The summed E-state index contributed by atoms with van der Waals surface area (Å²) in [6, 6.07) is 6.26. The van der Waals surface area contributed by atoms with E-state index in [0.29, 0.717) is 0 Å². The van der Waals surface area contributed by atoms with Gasteiger partial charge in [-0.1, -0.05) is 12.1 Å². The van der Waals surface area contributed by atoms with E-state index >= 15 is 0 Å². The van der Waals surface area contributed by atoms with E-state index in [0.717, 1.165) is 0 Å². The number of halogens is 1. The first-order chi connectivity index (χ1) is 5.20.